The van der Waals surface area contributed by atoms with Crippen molar-refractivity contribution < 1.29 is 5.11 Å². The average molecular weight is 338 g/mol. The molecular formula is C23H45O. The lowest BCUT2D eigenvalue weighted by atomic mass is 9.85. The van der Waals surface area contributed by atoms with E-state index in [-0.39, 0.29) is 6.61 Å². The monoisotopic (exact) mass is 337 g/mol. The van der Waals surface area contributed by atoms with Gasteiger partial charge in [0.15, 0.2) is 0 Å². The van der Waals surface area contributed by atoms with E-state index < -0.39 is 0 Å². The molecule has 0 unspecified atom stereocenters. The Bertz CT molecular complexity index is 232. The van der Waals surface area contributed by atoms with Gasteiger partial charge in [0, 0.05) is 0 Å². The van der Waals surface area contributed by atoms with Gasteiger partial charge in [0.1, 0.15) is 0 Å². The van der Waals surface area contributed by atoms with Crippen molar-refractivity contribution in [2.24, 2.45) is 5.92 Å². The molecule has 1 heteroatoms. The molecule has 143 valence electrons. The summed E-state index contributed by atoms with van der Waals surface area (Å²) in [4.78, 5) is 0. The third-order valence-electron chi connectivity index (χ3n) is 5.98. The van der Waals surface area contributed by atoms with E-state index in [0.717, 1.165) is 18.8 Å². The number of hydrogen-bond acceptors (Lipinski definition) is 0. The molecule has 0 bridgehead atoms. The van der Waals surface area contributed by atoms with Crippen LogP contribution in [0, 0.1) is 5.92 Å². The van der Waals surface area contributed by atoms with Crippen molar-refractivity contribution in [1.82, 2.24) is 0 Å². The first-order chi connectivity index (χ1) is 11.9. The minimum atomic E-state index is 0.126. The van der Waals surface area contributed by atoms with Gasteiger partial charge < -0.3 is 0 Å². The zero-order chi connectivity index (χ0) is 17.1. The highest BCUT2D eigenvalue weighted by Crippen LogP contribution is 2.28. The van der Waals surface area contributed by atoms with Gasteiger partial charge in [-0.15, -0.1) is 0 Å². The van der Waals surface area contributed by atoms with Gasteiger partial charge in [0.05, 0.1) is 6.61 Å². The van der Waals surface area contributed by atoms with Gasteiger partial charge in [0.25, 0.3) is 0 Å². The number of rotatable bonds is 17. The molecule has 24 heavy (non-hydrogen) atoms. The first kappa shape index (κ1) is 22.0. The molecule has 0 spiro atoms. The molecule has 1 aliphatic carbocycles. The van der Waals surface area contributed by atoms with Gasteiger partial charge in [-0.25, -0.2) is 5.11 Å². The fraction of sp³-hybridized carbons (Fsp3) is 1.00. The lowest BCUT2D eigenvalue weighted by Gasteiger charge is -2.21. The van der Waals surface area contributed by atoms with Gasteiger partial charge in [-0.2, -0.15) is 0 Å². The summed E-state index contributed by atoms with van der Waals surface area (Å²) < 4.78 is 0. The SMILES string of the molecule is [O]CCCCCCCCCCCCCCCCCC1CCCCC1. The average Bonchev–Trinajstić information content (AvgIpc) is 2.62. The Morgan fingerprint density at radius 1 is 0.458 bits per heavy atom. The van der Waals surface area contributed by atoms with Gasteiger partial charge >= 0.3 is 0 Å². The summed E-state index contributed by atoms with van der Waals surface area (Å²) in [5.74, 6) is 1.09. The lowest BCUT2D eigenvalue weighted by Crippen LogP contribution is -2.05. The molecule has 1 saturated carbocycles. The molecule has 0 aromatic rings. The van der Waals surface area contributed by atoms with Crippen LogP contribution in [0.25, 0.3) is 0 Å². The van der Waals surface area contributed by atoms with Crippen molar-refractivity contribution in [3.8, 4) is 0 Å². The van der Waals surface area contributed by atoms with Gasteiger partial charge in [-0.3, -0.25) is 0 Å². The molecule has 0 aromatic heterocycles. The maximum atomic E-state index is 10.3. The van der Waals surface area contributed by atoms with Crippen LogP contribution in [0.3, 0.4) is 0 Å². The third-order valence-corrected chi connectivity index (χ3v) is 5.98. The second-order valence-electron chi connectivity index (χ2n) is 8.30. The summed E-state index contributed by atoms with van der Waals surface area (Å²) in [6.45, 7) is 0.126. The first-order valence-corrected chi connectivity index (χ1v) is 11.5. The Labute approximate surface area is 153 Å². The van der Waals surface area contributed by atoms with Gasteiger partial charge in [-0.1, -0.05) is 128 Å². The van der Waals surface area contributed by atoms with Crippen LogP contribution < -0.4 is 0 Å². The summed E-state index contributed by atoms with van der Waals surface area (Å²) in [5.41, 5.74) is 0. The van der Waals surface area contributed by atoms with E-state index in [2.05, 4.69) is 0 Å². The van der Waals surface area contributed by atoms with Crippen LogP contribution in [-0.4, -0.2) is 6.61 Å². The number of unbranched alkanes of at least 4 members (excludes halogenated alkanes) is 14. The van der Waals surface area contributed by atoms with Crippen molar-refractivity contribution in [1.29, 1.82) is 0 Å². The lowest BCUT2D eigenvalue weighted by molar-refractivity contribution is 0.186. The van der Waals surface area contributed by atoms with E-state index >= 15 is 0 Å². The highest BCUT2D eigenvalue weighted by Gasteiger charge is 2.12. The largest absolute Gasteiger partial charge is 0.237 e. The highest BCUT2D eigenvalue weighted by molar-refractivity contribution is 4.65. The van der Waals surface area contributed by atoms with E-state index in [1.165, 1.54) is 122 Å². The van der Waals surface area contributed by atoms with Crippen LogP contribution in [0.15, 0.2) is 0 Å². The molecule has 0 heterocycles. The first-order valence-electron chi connectivity index (χ1n) is 11.5. The van der Waals surface area contributed by atoms with Gasteiger partial charge in [0.2, 0.25) is 0 Å². The van der Waals surface area contributed by atoms with E-state index in [4.69, 9.17) is 0 Å². The highest BCUT2D eigenvalue weighted by atomic mass is 16.2. The molecule has 1 rings (SSSR count). The van der Waals surface area contributed by atoms with E-state index in [0.29, 0.717) is 0 Å². The Morgan fingerprint density at radius 3 is 1.25 bits per heavy atom. The molecule has 1 radical (unpaired) electrons. The van der Waals surface area contributed by atoms with Crippen LogP contribution in [0.5, 0.6) is 0 Å². The predicted molar refractivity (Wildman–Crippen MR) is 106 cm³/mol. The van der Waals surface area contributed by atoms with Gasteiger partial charge in [-0.05, 0) is 12.3 Å². The standard InChI is InChI=1S/C23H45O/c24-22-18-13-11-9-7-5-3-1-2-4-6-8-10-12-15-19-23-20-16-14-17-21-23/h23H,1-22H2. The summed E-state index contributed by atoms with van der Waals surface area (Å²) in [6.07, 6.45) is 29.8. The van der Waals surface area contributed by atoms with E-state index in [9.17, 15) is 5.11 Å². The quantitative estimate of drug-likeness (QED) is 0.238. The Balaban J connectivity index is 1.66. The summed E-state index contributed by atoms with van der Waals surface area (Å²) in [5, 5.41) is 10.3. The molecule has 1 aliphatic rings. The molecule has 0 aromatic carbocycles. The minimum Gasteiger partial charge on any atom is -0.237 e. The Kier molecular flexibility index (Phi) is 16.3. The van der Waals surface area contributed by atoms with Crippen molar-refractivity contribution in [2.75, 3.05) is 6.61 Å². The number of hydrogen-bond donors (Lipinski definition) is 0. The topological polar surface area (TPSA) is 19.9 Å². The van der Waals surface area contributed by atoms with Crippen molar-refractivity contribution in [3.63, 3.8) is 0 Å². The van der Waals surface area contributed by atoms with Crippen LogP contribution in [0.4, 0.5) is 0 Å². The second kappa shape index (κ2) is 17.8. The van der Waals surface area contributed by atoms with Crippen molar-refractivity contribution in [3.05, 3.63) is 0 Å². The Morgan fingerprint density at radius 2 is 0.833 bits per heavy atom. The molecule has 0 atom stereocenters. The Hall–Kier alpha value is -0.0400. The maximum absolute atomic E-state index is 10.3. The van der Waals surface area contributed by atoms with Crippen LogP contribution >= 0.6 is 0 Å². The third kappa shape index (κ3) is 14.3. The van der Waals surface area contributed by atoms with E-state index in [1.54, 1.807) is 0 Å². The molecular weight excluding hydrogens is 292 g/mol. The van der Waals surface area contributed by atoms with Crippen LogP contribution in [0.1, 0.15) is 135 Å². The zero-order valence-electron chi connectivity index (χ0n) is 16.5. The molecule has 0 saturated heterocycles. The van der Waals surface area contributed by atoms with E-state index in [1.807, 2.05) is 0 Å². The fourth-order valence-electron chi connectivity index (χ4n) is 4.31. The second-order valence-corrected chi connectivity index (χ2v) is 8.30. The van der Waals surface area contributed by atoms with Crippen molar-refractivity contribution in [2.45, 2.75) is 135 Å². The molecule has 0 aliphatic heterocycles. The smallest absolute Gasteiger partial charge is 0.0822 e. The van der Waals surface area contributed by atoms with Crippen molar-refractivity contribution >= 4 is 0 Å². The minimum absolute atomic E-state index is 0.126. The summed E-state index contributed by atoms with van der Waals surface area (Å²) in [7, 11) is 0. The normalized spacial score (nSPS) is 15.9. The summed E-state index contributed by atoms with van der Waals surface area (Å²) in [6, 6.07) is 0. The predicted octanol–water partition coefficient (Wildman–Crippen LogP) is 8.24. The fourth-order valence-corrected chi connectivity index (χ4v) is 4.31. The zero-order valence-corrected chi connectivity index (χ0v) is 16.5. The maximum Gasteiger partial charge on any atom is 0.0822 e. The molecule has 0 N–H and O–H groups in total. The molecule has 1 nitrogen and oxygen atoms in total. The summed E-state index contributed by atoms with van der Waals surface area (Å²) >= 11 is 0. The van der Waals surface area contributed by atoms with Crippen LogP contribution in [-0.2, 0) is 5.11 Å². The molecule has 0 amide bonds. The van der Waals surface area contributed by atoms with Crippen LogP contribution in [0.2, 0.25) is 0 Å². The molecule has 1 fully saturated rings.